The van der Waals surface area contributed by atoms with Crippen LogP contribution in [0.1, 0.15) is 0 Å². The Hall–Kier alpha value is -3.78. The van der Waals surface area contributed by atoms with Crippen LogP contribution in [0.15, 0.2) is 84.0 Å². The van der Waals surface area contributed by atoms with Crippen molar-refractivity contribution < 1.29 is 9.18 Å². The molecule has 0 aliphatic rings. The Labute approximate surface area is 181 Å². The summed E-state index contributed by atoms with van der Waals surface area (Å²) in [4.78, 5) is 21.8. The highest BCUT2D eigenvalue weighted by molar-refractivity contribution is 7.99. The number of nitrogens with one attached hydrogen (secondary N) is 1. The van der Waals surface area contributed by atoms with E-state index in [9.17, 15) is 9.18 Å². The van der Waals surface area contributed by atoms with Crippen molar-refractivity contribution in [1.29, 1.82) is 0 Å². The molecule has 8 heteroatoms. The fourth-order valence-electron chi connectivity index (χ4n) is 3.19. The molecule has 6 nitrogen and oxygen atoms in total. The minimum atomic E-state index is -0.351. The molecule has 1 amide bonds. The minimum Gasteiger partial charge on any atom is -0.325 e. The normalized spacial score (nSPS) is 11.1. The third-order valence-corrected chi connectivity index (χ3v) is 5.57. The first-order valence-electron chi connectivity index (χ1n) is 9.56. The van der Waals surface area contributed by atoms with Crippen LogP contribution in [-0.4, -0.2) is 31.2 Å². The number of halogens is 1. The van der Waals surface area contributed by atoms with Gasteiger partial charge >= 0.3 is 0 Å². The first-order valence-corrected chi connectivity index (χ1v) is 10.5. The maximum atomic E-state index is 13.1. The molecule has 5 rings (SSSR count). The molecule has 152 valence electrons. The van der Waals surface area contributed by atoms with Crippen LogP contribution < -0.4 is 5.32 Å². The summed E-state index contributed by atoms with van der Waals surface area (Å²) in [7, 11) is 0. The molecule has 2 heterocycles. The smallest absolute Gasteiger partial charge is 0.234 e. The fraction of sp³-hybridized carbons (Fsp3) is 0.0435. The number of anilines is 1. The molecule has 5 aromatic rings. The van der Waals surface area contributed by atoms with Crippen LogP contribution in [0.25, 0.3) is 27.9 Å². The number of thioether (sulfide) groups is 1. The van der Waals surface area contributed by atoms with Gasteiger partial charge in [-0.25, -0.2) is 14.4 Å². The molecule has 0 fully saturated rings. The van der Waals surface area contributed by atoms with Crippen LogP contribution in [0.5, 0.6) is 0 Å². The highest BCUT2D eigenvalue weighted by Crippen LogP contribution is 2.26. The maximum Gasteiger partial charge on any atom is 0.234 e. The number of hydrogen-bond donors (Lipinski definition) is 1. The Bertz CT molecular complexity index is 1390. The van der Waals surface area contributed by atoms with E-state index in [-0.39, 0.29) is 17.5 Å². The molecular weight excluding hydrogens is 413 g/mol. The number of amides is 1. The van der Waals surface area contributed by atoms with Crippen LogP contribution in [0.4, 0.5) is 10.1 Å². The third kappa shape index (κ3) is 3.97. The molecule has 2 aromatic heterocycles. The van der Waals surface area contributed by atoms with E-state index in [1.54, 1.807) is 4.52 Å². The van der Waals surface area contributed by atoms with Gasteiger partial charge in [-0.1, -0.05) is 54.2 Å². The number of hydrogen-bond acceptors (Lipinski definition) is 5. The summed E-state index contributed by atoms with van der Waals surface area (Å²) in [5, 5.41) is 8.86. The number of carbonyl (C=O) groups excluding carboxylic acids is 1. The van der Waals surface area contributed by atoms with Gasteiger partial charge in [-0.15, -0.1) is 5.10 Å². The molecule has 0 atom stereocenters. The van der Waals surface area contributed by atoms with Gasteiger partial charge in [0.05, 0.1) is 11.3 Å². The quantitative estimate of drug-likeness (QED) is 0.321. The third-order valence-electron chi connectivity index (χ3n) is 4.64. The van der Waals surface area contributed by atoms with Crippen molar-refractivity contribution in [3.05, 3.63) is 84.7 Å². The van der Waals surface area contributed by atoms with E-state index in [2.05, 4.69) is 10.4 Å². The van der Waals surface area contributed by atoms with E-state index in [0.717, 1.165) is 16.5 Å². The molecule has 0 bridgehead atoms. The summed E-state index contributed by atoms with van der Waals surface area (Å²) in [6.45, 7) is 0. The van der Waals surface area contributed by atoms with Gasteiger partial charge in [-0.05, 0) is 36.4 Å². The zero-order valence-electron chi connectivity index (χ0n) is 16.2. The number of benzene rings is 3. The fourth-order valence-corrected chi connectivity index (χ4v) is 3.94. The van der Waals surface area contributed by atoms with Crippen LogP contribution in [-0.2, 0) is 4.79 Å². The predicted molar refractivity (Wildman–Crippen MR) is 119 cm³/mol. The minimum absolute atomic E-state index is 0.123. The zero-order chi connectivity index (χ0) is 21.2. The largest absolute Gasteiger partial charge is 0.325 e. The first-order chi connectivity index (χ1) is 15.2. The monoisotopic (exact) mass is 429 g/mol. The molecule has 0 aliphatic heterocycles. The first kappa shape index (κ1) is 19.2. The standard InChI is InChI=1S/C23H16FN5OS/c24-16-10-12-17(13-11-16)25-20(30)14-31-23-26-19-9-5-4-8-18(19)22-27-21(28-29(22)23)15-6-2-1-3-7-15/h1-13H,14H2,(H,25,30). The van der Waals surface area contributed by atoms with Gasteiger partial charge in [0.25, 0.3) is 0 Å². The lowest BCUT2D eigenvalue weighted by molar-refractivity contribution is -0.113. The molecule has 0 saturated carbocycles. The van der Waals surface area contributed by atoms with Gasteiger partial charge in [-0.3, -0.25) is 4.79 Å². The van der Waals surface area contributed by atoms with E-state index in [0.29, 0.717) is 22.3 Å². The molecule has 0 saturated heterocycles. The van der Waals surface area contributed by atoms with Crippen LogP contribution >= 0.6 is 11.8 Å². The molecule has 0 radical (unpaired) electrons. The number of carbonyl (C=O) groups is 1. The second-order valence-electron chi connectivity index (χ2n) is 6.79. The zero-order valence-corrected chi connectivity index (χ0v) is 17.0. The molecule has 1 N–H and O–H groups in total. The Morgan fingerprint density at radius 2 is 1.68 bits per heavy atom. The molecular formula is C23H16FN5OS. The van der Waals surface area contributed by atoms with E-state index in [1.165, 1.54) is 36.0 Å². The number of fused-ring (bicyclic) bond motifs is 3. The lowest BCUT2D eigenvalue weighted by Gasteiger charge is -2.07. The number of aromatic nitrogens is 4. The highest BCUT2D eigenvalue weighted by atomic mass is 32.2. The van der Waals surface area contributed by atoms with Crippen molar-refractivity contribution in [1.82, 2.24) is 19.6 Å². The molecule has 0 unspecified atom stereocenters. The summed E-state index contributed by atoms with van der Waals surface area (Å²) in [6.07, 6.45) is 0. The number of nitrogens with zero attached hydrogens (tertiary/aromatic N) is 4. The van der Waals surface area contributed by atoms with Gasteiger partial charge in [0.2, 0.25) is 5.91 Å². The SMILES string of the molecule is O=C(CSc1nc2ccccc2c2nc(-c3ccccc3)nn12)Nc1ccc(F)cc1. The van der Waals surface area contributed by atoms with Crippen LogP contribution in [0.3, 0.4) is 0 Å². The molecule has 31 heavy (non-hydrogen) atoms. The summed E-state index contributed by atoms with van der Waals surface area (Å²) in [6, 6.07) is 23.1. The molecule has 0 aliphatic carbocycles. The second-order valence-corrected chi connectivity index (χ2v) is 7.73. The number of para-hydroxylation sites is 1. The van der Waals surface area contributed by atoms with Gasteiger partial charge < -0.3 is 5.32 Å². The van der Waals surface area contributed by atoms with Crippen molar-refractivity contribution in [3.8, 4) is 11.4 Å². The topological polar surface area (TPSA) is 72.2 Å². The van der Waals surface area contributed by atoms with Gasteiger partial charge in [0.15, 0.2) is 16.6 Å². The van der Waals surface area contributed by atoms with Crippen molar-refractivity contribution in [2.75, 3.05) is 11.1 Å². The lowest BCUT2D eigenvalue weighted by Crippen LogP contribution is -2.14. The van der Waals surface area contributed by atoms with Crippen molar-refractivity contribution in [2.45, 2.75) is 5.16 Å². The average molecular weight is 429 g/mol. The Morgan fingerprint density at radius 3 is 2.48 bits per heavy atom. The average Bonchev–Trinajstić information content (AvgIpc) is 3.26. The summed E-state index contributed by atoms with van der Waals surface area (Å²) in [5.74, 6) is 0.147. The Kier molecular flexibility index (Phi) is 5.05. The summed E-state index contributed by atoms with van der Waals surface area (Å²) >= 11 is 1.27. The van der Waals surface area contributed by atoms with Crippen molar-refractivity contribution in [2.24, 2.45) is 0 Å². The molecule has 0 spiro atoms. The maximum absolute atomic E-state index is 13.1. The van der Waals surface area contributed by atoms with E-state index < -0.39 is 0 Å². The van der Waals surface area contributed by atoms with Gasteiger partial charge in [0.1, 0.15) is 5.82 Å². The lowest BCUT2D eigenvalue weighted by atomic mass is 10.2. The van der Waals surface area contributed by atoms with Crippen LogP contribution in [0.2, 0.25) is 0 Å². The molecule has 3 aromatic carbocycles. The van der Waals surface area contributed by atoms with E-state index in [4.69, 9.17) is 9.97 Å². The summed E-state index contributed by atoms with van der Waals surface area (Å²) < 4.78 is 14.7. The van der Waals surface area contributed by atoms with Crippen LogP contribution in [0, 0.1) is 5.82 Å². The van der Waals surface area contributed by atoms with Gasteiger partial charge in [-0.2, -0.15) is 4.52 Å². The number of rotatable bonds is 5. The van der Waals surface area contributed by atoms with Gasteiger partial charge in [0, 0.05) is 16.6 Å². The predicted octanol–water partition coefficient (Wildman–Crippen LogP) is 4.81. The summed E-state index contributed by atoms with van der Waals surface area (Å²) in [5.41, 5.74) is 2.91. The van der Waals surface area contributed by atoms with E-state index >= 15 is 0 Å². The van der Waals surface area contributed by atoms with E-state index in [1.807, 2.05) is 54.6 Å². The van der Waals surface area contributed by atoms with Crippen molar-refractivity contribution >= 4 is 39.9 Å². The second kappa shape index (κ2) is 8.16. The Morgan fingerprint density at radius 1 is 0.935 bits per heavy atom. The Balaban J connectivity index is 1.47. The highest BCUT2D eigenvalue weighted by Gasteiger charge is 2.16. The van der Waals surface area contributed by atoms with Crippen molar-refractivity contribution in [3.63, 3.8) is 0 Å².